The molecule has 0 heterocycles. The molecule has 1 aliphatic carbocycles. The SMILES string of the molecule is CCCNC(Cc1ccc(F)cc1C)C(C)C1CC1. The molecule has 19 heavy (non-hydrogen) atoms. The molecule has 0 aromatic heterocycles. The summed E-state index contributed by atoms with van der Waals surface area (Å²) in [6.45, 7) is 7.65. The predicted octanol–water partition coefficient (Wildman–Crippen LogP) is 4.09. The minimum Gasteiger partial charge on any atom is -0.313 e. The van der Waals surface area contributed by atoms with Crippen LogP contribution in [0.15, 0.2) is 18.2 Å². The van der Waals surface area contributed by atoms with Gasteiger partial charge in [0.1, 0.15) is 5.82 Å². The lowest BCUT2D eigenvalue weighted by molar-refractivity contribution is 0.339. The zero-order chi connectivity index (χ0) is 13.8. The van der Waals surface area contributed by atoms with Gasteiger partial charge in [0.15, 0.2) is 0 Å². The zero-order valence-electron chi connectivity index (χ0n) is 12.4. The first-order valence-electron chi connectivity index (χ1n) is 7.60. The summed E-state index contributed by atoms with van der Waals surface area (Å²) in [7, 11) is 0. The van der Waals surface area contributed by atoms with Gasteiger partial charge in [0.05, 0.1) is 0 Å². The lowest BCUT2D eigenvalue weighted by Crippen LogP contribution is -2.38. The molecule has 106 valence electrons. The van der Waals surface area contributed by atoms with Gasteiger partial charge >= 0.3 is 0 Å². The van der Waals surface area contributed by atoms with Crippen LogP contribution in [0, 0.1) is 24.6 Å². The van der Waals surface area contributed by atoms with Crippen molar-refractivity contribution in [1.29, 1.82) is 0 Å². The molecule has 1 fully saturated rings. The van der Waals surface area contributed by atoms with Crippen molar-refractivity contribution in [2.75, 3.05) is 6.54 Å². The Bertz CT molecular complexity index is 412. The van der Waals surface area contributed by atoms with Gasteiger partial charge in [0.2, 0.25) is 0 Å². The first kappa shape index (κ1) is 14.5. The van der Waals surface area contributed by atoms with Crippen LogP contribution in [0.4, 0.5) is 4.39 Å². The third kappa shape index (κ3) is 4.04. The predicted molar refractivity (Wildman–Crippen MR) is 78.8 cm³/mol. The van der Waals surface area contributed by atoms with E-state index >= 15 is 0 Å². The van der Waals surface area contributed by atoms with Crippen LogP contribution in [0.2, 0.25) is 0 Å². The molecular formula is C17H26FN. The summed E-state index contributed by atoms with van der Waals surface area (Å²) in [6, 6.07) is 5.71. The number of hydrogen-bond acceptors (Lipinski definition) is 1. The van der Waals surface area contributed by atoms with Crippen molar-refractivity contribution in [3.8, 4) is 0 Å². The number of hydrogen-bond donors (Lipinski definition) is 1. The van der Waals surface area contributed by atoms with E-state index in [-0.39, 0.29) is 5.82 Å². The molecule has 2 atom stereocenters. The minimum atomic E-state index is -0.130. The highest BCUT2D eigenvalue weighted by Crippen LogP contribution is 2.39. The van der Waals surface area contributed by atoms with Gasteiger partial charge in [-0.15, -0.1) is 0 Å². The molecule has 0 bridgehead atoms. The lowest BCUT2D eigenvalue weighted by atomic mass is 9.89. The van der Waals surface area contributed by atoms with Gasteiger partial charge in [0, 0.05) is 6.04 Å². The smallest absolute Gasteiger partial charge is 0.123 e. The van der Waals surface area contributed by atoms with E-state index in [0.717, 1.165) is 36.8 Å². The van der Waals surface area contributed by atoms with Crippen LogP contribution in [0.1, 0.15) is 44.2 Å². The monoisotopic (exact) mass is 263 g/mol. The van der Waals surface area contributed by atoms with E-state index < -0.39 is 0 Å². The maximum Gasteiger partial charge on any atom is 0.123 e. The van der Waals surface area contributed by atoms with Crippen LogP contribution in [-0.2, 0) is 6.42 Å². The number of rotatable bonds is 7. The molecule has 0 amide bonds. The Morgan fingerprint density at radius 1 is 1.37 bits per heavy atom. The molecule has 1 aromatic carbocycles. The van der Waals surface area contributed by atoms with E-state index in [0.29, 0.717) is 6.04 Å². The highest BCUT2D eigenvalue weighted by molar-refractivity contribution is 5.27. The van der Waals surface area contributed by atoms with Gasteiger partial charge in [0.25, 0.3) is 0 Å². The molecule has 2 unspecified atom stereocenters. The van der Waals surface area contributed by atoms with Gasteiger partial charge in [-0.05, 0) is 74.2 Å². The molecular weight excluding hydrogens is 237 g/mol. The fourth-order valence-electron chi connectivity index (χ4n) is 2.85. The second-order valence-electron chi connectivity index (χ2n) is 6.03. The number of aryl methyl sites for hydroxylation is 1. The number of benzene rings is 1. The first-order chi connectivity index (χ1) is 9.11. The summed E-state index contributed by atoms with van der Waals surface area (Å²) in [5.41, 5.74) is 2.36. The van der Waals surface area contributed by atoms with Gasteiger partial charge in [-0.25, -0.2) is 4.39 Å². The van der Waals surface area contributed by atoms with E-state index in [1.54, 1.807) is 12.1 Å². The molecule has 1 aliphatic rings. The normalized spacial score (nSPS) is 18.3. The Kier molecular flexibility index (Phi) is 4.98. The number of nitrogens with one attached hydrogen (secondary N) is 1. The maximum absolute atomic E-state index is 13.2. The van der Waals surface area contributed by atoms with Gasteiger partial charge in [-0.3, -0.25) is 0 Å². The molecule has 0 saturated heterocycles. The van der Waals surface area contributed by atoms with Crippen LogP contribution in [0.5, 0.6) is 0 Å². The molecule has 0 spiro atoms. The molecule has 2 heteroatoms. The van der Waals surface area contributed by atoms with Crippen LogP contribution < -0.4 is 5.32 Å². The summed E-state index contributed by atoms with van der Waals surface area (Å²) >= 11 is 0. The summed E-state index contributed by atoms with van der Waals surface area (Å²) in [4.78, 5) is 0. The third-order valence-electron chi connectivity index (χ3n) is 4.40. The Morgan fingerprint density at radius 2 is 2.11 bits per heavy atom. The van der Waals surface area contributed by atoms with Crippen LogP contribution >= 0.6 is 0 Å². The van der Waals surface area contributed by atoms with E-state index in [1.165, 1.54) is 18.4 Å². The minimum absolute atomic E-state index is 0.130. The average molecular weight is 263 g/mol. The van der Waals surface area contributed by atoms with Crippen molar-refractivity contribution >= 4 is 0 Å². The fraction of sp³-hybridized carbons (Fsp3) is 0.647. The average Bonchev–Trinajstić information content (AvgIpc) is 3.20. The second-order valence-corrected chi connectivity index (χ2v) is 6.03. The van der Waals surface area contributed by atoms with Crippen molar-refractivity contribution in [2.45, 2.75) is 52.5 Å². The largest absolute Gasteiger partial charge is 0.313 e. The molecule has 1 saturated carbocycles. The Labute approximate surface area is 116 Å². The molecule has 0 radical (unpaired) electrons. The van der Waals surface area contributed by atoms with E-state index in [4.69, 9.17) is 0 Å². The fourth-order valence-corrected chi connectivity index (χ4v) is 2.85. The molecule has 1 aromatic rings. The first-order valence-corrected chi connectivity index (χ1v) is 7.60. The Balaban J connectivity index is 2.05. The summed E-state index contributed by atoms with van der Waals surface area (Å²) < 4.78 is 13.2. The van der Waals surface area contributed by atoms with E-state index in [1.807, 2.05) is 13.0 Å². The highest BCUT2D eigenvalue weighted by Gasteiger charge is 2.33. The standard InChI is InChI=1S/C17H26FN/c1-4-9-19-17(13(3)14-5-6-14)11-15-7-8-16(18)10-12(15)2/h7-8,10,13-14,17,19H,4-6,9,11H2,1-3H3. The molecule has 1 nitrogen and oxygen atoms in total. The van der Waals surface area contributed by atoms with Crippen molar-refractivity contribution in [3.05, 3.63) is 35.1 Å². The van der Waals surface area contributed by atoms with Gasteiger partial charge < -0.3 is 5.32 Å². The van der Waals surface area contributed by atoms with Crippen molar-refractivity contribution in [1.82, 2.24) is 5.32 Å². The quantitative estimate of drug-likeness (QED) is 0.781. The molecule has 2 rings (SSSR count). The molecule has 0 aliphatic heterocycles. The van der Waals surface area contributed by atoms with Crippen LogP contribution in [-0.4, -0.2) is 12.6 Å². The van der Waals surface area contributed by atoms with E-state index in [9.17, 15) is 4.39 Å². The maximum atomic E-state index is 13.2. The zero-order valence-corrected chi connectivity index (χ0v) is 12.4. The van der Waals surface area contributed by atoms with Crippen molar-refractivity contribution in [3.63, 3.8) is 0 Å². The Morgan fingerprint density at radius 3 is 2.68 bits per heavy atom. The van der Waals surface area contributed by atoms with Crippen molar-refractivity contribution in [2.24, 2.45) is 11.8 Å². The number of halogens is 1. The van der Waals surface area contributed by atoms with Crippen LogP contribution in [0.3, 0.4) is 0 Å². The topological polar surface area (TPSA) is 12.0 Å². The van der Waals surface area contributed by atoms with Crippen molar-refractivity contribution < 1.29 is 4.39 Å². The third-order valence-corrected chi connectivity index (χ3v) is 4.40. The summed E-state index contributed by atoms with van der Waals surface area (Å²) in [5.74, 6) is 1.49. The lowest BCUT2D eigenvalue weighted by Gasteiger charge is -2.26. The Hall–Kier alpha value is -0.890. The second kappa shape index (κ2) is 6.51. The van der Waals surface area contributed by atoms with E-state index in [2.05, 4.69) is 19.2 Å². The highest BCUT2D eigenvalue weighted by atomic mass is 19.1. The van der Waals surface area contributed by atoms with Crippen LogP contribution in [0.25, 0.3) is 0 Å². The summed E-state index contributed by atoms with van der Waals surface area (Å²) in [5, 5.41) is 3.69. The summed E-state index contributed by atoms with van der Waals surface area (Å²) in [6.07, 6.45) is 4.95. The molecule has 1 N–H and O–H groups in total. The van der Waals surface area contributed by atoms with Gasteiger partial charge in [-0.1, -0.05) is 19.9 Å². The van der Waals surface area contributed by atoms with Gasteiger partial charge in [-0.2, -0.15) is 0 Å².